The number of carboxylic acids is 1. The van der Waals surface area contributed by atoms with Gasteiger partial charge in [0.15, 0.2) is 6.10 Å². The van der Waals surface area contributed by atoms with Gasteiger partial charge in [0.25, 0.3) is 0 Å². The molecule has 0 amide bonds. The minimum atomic E-state index is -2.06. The molecule has 0 radical (unpaired) electrons. The molecule has 0 aliphatic carbocycles. The predicted octanol–water partition coefficient (Wildman–Crippen LogP) is -6.76. The fraction of sp³-hybridized carbons (Fsp3) is 0.833. The number of ether oxygens (including phenoxy) is 1. The number of aliphatic hydroxyl groups is 3. The maximum Gasteiger partial charge on any atom is 1.00 e. The second-order valence-electron chi connectivity index (χ2n) is 2.74. The molecule has 7 nitrogen and oxygen atoms in total. The minimum Gasteiger partial charge on any atom is -0.829 e. The molecule has 5 atom stereocenters. The smallest absolute Gasteiger partial charge is 0.829 e. The van der Waals surface area contributed by atoms with Gasteiger partial charge in [-0.3, -0.25) is 0 Å². The summed E-state index contributed by atoms with van der Waals surface area (Å²) in [5, 5.41) is 46.1. The van der Waals surface area contributed by atoms with Crippen molar-refractivity contribution in [1.29, 1.82) is 0 Å². The van der Waals surface area contributed by atoms with Crippen LogP contribution >= 0.6 is 0 Å². The van der Waals surface area contributed by atoms with Gasteiger partial charge in [-0.1, -0.05) is 0 Å². The first kappa shape index (κ1) is 14.3. The van der Waals surface area contributed by atoms with Gasteiger partial charge in [-0.25, -0.2) is 4.79 Å². The summed E-state index contributed by atoms with van der Waals surface area (Å²) in [6.45, 7) is 0. The van der Waals surface area contributed by atoms with E-state index in [1.165, 1.54) is 0 Å². The van der Waals surface area contributed by atoms with Crippen molar-refractivity contribution in [2.45, 2.75) is 30.7 Å². The van der Waals surface area contributed by atoms with Crippen LogP contribution in [0.15, 0.2) is 0 Å². The van der Waals surface area contributed by atoms with Crippen molar-refractivity contribution in [1.82, 2.24) is 0 Å². The van der Waals surface area contributed by atoms with Gasteiger partial charge in [0.1, 0.15) is 12.2 Å². The minimum absolute atomic E-state index is 0. The molecule has 1 fully saturated rings. The number of rotatable bonds is 1. The molecule has 1 saturated heterocycles. The molecule has 1 rings (SSSR count). The van der Waals surface area contributed by atoms with E-state index in [-0.39, 0.29) is 29.6 Å². The van der Waals surface area contributed by atoms with Crippen molar-refractivity contribution in [3.63, 3.8) is 0 Å². The van der Waals surface area contributed by atoms with Crippen LogP contribution in [0, 0.1) is 0 Å². The van der Waals surface area contributed by atoms with Crippen LogP contribution in [0.2, 0.25) is 0 Å². The standard InChI is InChI=1S/C6H9O7.Na/c7-1-2(8)4(5(10)11)13-6(12)3(1)9;/h1-4,6-9H,(H,10,11);/q-1;+1/t1-,2-,3+,4+,6+;/m0./s1. The molecule has 1 heterocycles. The molecule has 0 spiro atoms. The Bertz CT molecular complexity index is 210. The number of carbonyl (C=O) groups is 1. The second kappa shape index (κ2) is 5.38. The summed E-state index contributed by atoms with van der Waals surface area (Å²) in [5.74, 6) is -1.56. The summed E-state index contributed by atoms with van der Waals surface area (Å²) in [4.78, 5) is 10.3. The normalized spacial score (nSPS) is 42.7. The Morgan fingerprint density at radius 3 is 2.07 bits per heavy atom. The number of hydrogen-bond acceptors (Lipinski definition) is 6. The number of hydrogen-bond donors (Lipinski definition) is 4. The van der Waals surface area contributed by atoms with Gasteiger partial charge < -0.3 is 30.3 Å². The van der Waals surface area contributed by atoms with Crippen LogP contribution in [-0.2, 0) is 9.53 Å². The van der Waals surface area contributed by atoms with Crippen LogP contribution in [-0.4, -0.2) is 57.1 Å². The van der Waals surface area contributed by atoms with E-state index in [9.17, 15) is 9.90 Å². The maximum atomic E-state index is 10.7. The zero-order valence-electron chi connectivity index (χ0n) is 7.40. The summed E-state index contributed by atoms with van der Waals surface area (Å²) in [6, 6.07) is 0. The van der Waals surface area contributed by atoms with E-state index < -0.39 is 36.7 Å². The van der Waals surface area contributed by atoms with Crippen molar-refractivity contribution < 1.29 is 64.6 Å². The Balaban J connectivity index is 0.00000169. The van der Waals surface area contributed by atoms with Crippen molar-refractivity contribution in [3.05, 3.63) is 0 Å². The third kappa shape index (κ3) is 2.65. The fourth-order valence-corrected chi connectivity index (χ4v) is 1.05. The zero-order chi connectivity index (χ0) is 10.2. The molecule has 0 aromatic rings. The molecular weight excluding hydrogens is 207 g/mol. The van der Waals surface area contributed by atoms with Crippen LogP contribution in [0.4, 0.5) is 0 Å². The molecule has 1 aliphatic rings. The Morgan fingerprint density at radius 1 is 1.14 bits per heavy atom. The molecule has 76 valence electrons. The molecular formula is C6H9NaO7. The monoisotopic (exact) mass is 216 g/mol. The third-order valence-corrected chi connectivity index (χ3v) is 1.81. The second-order valence-corrected chi connectivity index (χ2v) is 2.74. The van der Waals surface area contributed by atoms with Gasteiger partial charge in [-0.15, -0.1) is 0 Å². The molecule has 8 heteroatoms. The molecule has 0 aromatic carbocycles. The molecule has 0 aromatic heterocycles. The molecule has 0 bridgehead atoms. The van der Waals surface area contributed by atoms with E-state index >= 15 is 0 Å². The van der Waals surface area contributed by atoms with E-state index in [1.54, 1.807) is 0 Å². The molecule has 0 saturated carbocycles. The SMILES string of the molecule is O=C(O)[C@@H]1O[C@@H]([O-])[C@H](O)[C@@H](O)[C@@H]1O.[Na+]. The number of carboxylic acid groups (broad SMARTS) is 1. The van der Waals surface area contributed by atoms with Crippen LogP contribution < -0.4 is 34.7 Å². The summed E-state index contributed by atoms with van der Waals surface area (Å²) in [6.07, 6.45) is -9.25. The Hall–Kier alpha value is 0.270. The van der Waals surface area contributed by atoms with Crippen LogP contribution in [0.1, 0.15) is 0 Å². The summed E-state index contributed by atoms with van der Waals surface area (Å²) in [5.41, 5.74) is 0. The van der Waals surface area contributed by atoms with Crippen molar-refractivity contribution >= 4 is 5.97 Å². The van der Waals surface area contributed by atoms with Gasteiger partial charge in [0.05, 0.1) is 6.10 Å². The molecule has 4 N–H and O–H groups in total. The zero-order valence-corrected chi connectivity index (χ0v) is 9.40. The van der Waals surface area contributed by atoms with E-state index in [1.807, 2.05) is 0 Å². The molecule has 14 heavy (non-hydrogen) atoms. The van der Waals surface area contributed by atoms with Gasteiger partial charge in [-0.05, 0) is 0 Å². The van der Waals surface area contributed by atoms with Gasteiger partial charge in [0, 0.05) is 6.29 Å². The Kier molecular flexibility index (Phi) is 5.48. The Labute approximate surface area is 101 Å². The van der Waals surface area contributed by atoms with Crippen LogP contribution in [0.3, 0.4) is 0 Å². The van der Waals surface area contributed by atoms with Gasteiger partial charge in [-0.2, -0.15) is 0 Å². The van der Waals surface area contributed by atoms with Crippen molar-refractivity contribution in [2.24, 2.45) is 0 Å². The fourth-order valence-electron chi connectivity index (χ4n) is 1.05. The van der Waals surface area contributed by atoms with Gasteiger partial charge in [0.2, 0.25) is 0 Å². The summed E-state index contributed by atoms with van der Waals surface area (Å²) in [7, 11) is 0. The first-order chi connectivity index (χ1) is 5.95. The van der Waals surface area contributed by atoms with E-state index in [4.69, 9.17) is 20.4 Å². The molecule has 0 unspecified atom stereocenters. The predicted molar refractivity (Wildman–Crippen MR) is 34.3 cm³/mol. The quantitative estimate of drug-likeness (QED) is 0.320. The number of aliphatic hydroxyl groups excluding tert-OH is 3. The Morgan fingerprint density at radius 2 is 1.64 bits per heavy atom. The first-order valence-electron chi connectivity index (χ1n) is 3.53. The first-order valence-corrected chi connectivity index (χ1v) is 3.53. The van der Waals surface area contributed by atoms with E-state index in [0.29, 0.717) is 0 Å². The molecule has 1 aliphatic heterocycles. The van der Waals surface area contributed by atoms with Gasteiger partial charge >= 0.3 is 35.5 Å². The third-order valence-electron chi connectivity index (χ3n) is 1.81. The largest absolute Gasteiger partial charge is 1.00 e. The average Bonchev–Trinajstić information content (AvgIpc) is 2.07. The van der Waals surface area contributed by atoms with Crippen molar-refractivity contribution in [3.8, 4) is 0 Å². The van der Waals surface area contributed by atoms with Crippen molar-refractivity contribution in [2.75, 3.05) is 0 Å². The van der Waals surface area contributed by atoms with E-state index in [0.717, 1.165) is 0 Å². The maximum absolute atomic E-state index is 10.7. The topological polar surface area (TPSA) is 130 Å². The average molecular weight is 216 g/mol. The van der Waals surface area contributed by atoms with E-state index in [2.05, 4.69) is 4.74 Å². The van der Waals surface area contributed by atoms with Crippen LogP contribution in [0.5, 0.6) is 0 Å². The summed E-state index contributed by atoms with van der Waals surface area (Å²) >= 11 is 0. The van der Waals surface area contributed by atoms with Crippen LogP contribution in [0.25, 0.3) is 0 Å². The summed E-state index contributed by atoms with van der Waals surface area (Å²) < 4.78 is 4.23. The number of aliphatic carboxylic acids is 1.